The van der Waals surface area contributed by atoms with Crippen LogP contribution in [-0.2, 0) is 38.4 Å². The average molecular weight is 787 g/mol. The summed E-state index contributed by atoms with van der Waals surface area (Å²) in [6.07, 6.45) is 1.25. The van der Waals surface area contributed by atoms with Crippen LogP contribution >= 0.6 is 0 Å². The van der Waals surface area contributed by atoms with E-state index in [1.165, 1.54) is 7.05 Å². The van der Waals surface area contributed by atoms with Gasteiger partial charge < -0.3 is 163 Å². The second-order valence-corrected chi connectivity index (χ2v) is 1.66. The Bertz CT molecular complexity index is 345. The molecule has 0 saturated heterocycles. The lowest BCUT2D eigenvalue weighted by Crippen LogP contribution is -2.29. The van der Waals surface area contributed by atoms with Gasteiger partial charge in [0.25, 0.3) is 0 Å². The quantitative estimate of drug-likeness (QED) is 0.0617. The highest BCUT2D eigenvalue weighted by Crippen LogP contribution is 1.44. The van der Waals surface area contributed by atoms with E-state index in [0.29, 0.717) is 0 Å². The molecule has 0 saturated carbocycles. The highest BCUT2D eigenvalue weighted by atomic mass is 16.2. The number of amides is 7. The fraction of sp³-hybridized carbons (Fsp3) is 0.154. The van der Waals surface area contributed by atoms with Crippen molar-refractivity contribution in [1.29, 1.82) is 0 Å². The van der Waals surface area contributed by atoms with Crippen LogP contribution in [-0.4, -0.2) is 145 Å². The summed E-state index contributed by atoms with van der Waals surface area (Å²) in [5, 5.41) is 0. The smallest absolute Gasteiger partial charge is 0.306 e. The van der Waals surface area contributed by atoms with Gasteiger partial charge in [-0.05, 0) is 7.05 Å². The normalized spacial score (nSPS) is 2.49. The van der Waals surface area contributed by atoms with Crippen LogP contribution < -0.4 is 70.5 Å². The third-order valence-corrected chi connectivity index (χ3v) is 0.243. The standard InChI is InChI=1S/C3H4.C2H4N2O2.5CH3NO.CH5N.CH2O.CH4.4H3N.16H2O/c1-3-2;3-1(5)2(4)6;5*2-1-3;2*1-2;;;;;;;;;;;;;;;;;;;;;/h1-2H2;(H2,3,5)(H2,4,6);5*1H,(H2,2,3);2H2,1H3;1H2;1H4;4*1H3;16*1H2. The molecule has 0 aromatic carbocycles. The number of rotatable bonds is 0. The molecule has 0 fully saturated rings. The van der Waals surface area contributed by atoms with Crippen molar-refractivity contribution >= 4 is 50.7 Å². The Morgan fingerprint density at radius 2 is 0.429 bits per heavy atom. The fourth-order valence-corrected chi connectivity index (χ4v) is 0. The Morgan fingerprint density at radius 1 is 0.408 bits per heavy atom. The summed E-state index contributed by atoms with van der Waals surface area (Å²) < 4.78 is 0. The third-order valence-electron chi connectivity index (χ3n) is 0.243. The minimum Gasteiger partial charge on any atom is -0.412 e. The van der Waals surface area contributed by atoms with E-state index in [0.717, 1.165) is 0 Å². The number of carbonyl (C=O) groups excluding carboxylic acids is 8. The second-order valence-electron chi connectivity index (χ2n) is 1.66. The van der Waals surface area contributed by atoms with Crippen molar-refractivity contribution in [3.8, 4) is 0 Å². The first-order chi connectivity index (χ1) is 13.1. The van der Waals surface area contributed by atoms with E-state index in [4.69, 9.17) is 28.8 Å². The largest absolute Gasteiger partial charge is 0.412 e. The summed E-state index contributed by atoms with van der Waals surface area (Å²) in [4.78, 5) is 69.8. The highest BCUT2D eigenvalue weighted by Gasteiger charge is 1.96. The summed E-state index contributed by atoms with van der Waals surface area (Å²) in [5.74, 6) is -2.20. The zero-order valence-corrected chi connectivity index (χ0v) is 26.2. The van der Waals surface area contributed by atoms with Crippen LogP contribution in [0.1, 0.15) is 7.43 Å². The highest BCUT2D eigenvalue weighted by molar-refractivity contribution is 6.33. The minimum atomic E-state index is -1.10. The van der Waals surface area contributed by atoms with Gasteiger partial charge in [0.2, 0.25) is 32.1 Å². The molecule has 60 N–H and O–H groups in total. The molecule has 0 radical (unpaired) electrons. The van der Waals surface area contributed by atoms with E-state index in [9.17, 15) is 9.59 Å². The maximum Gasteiger partial charge on any atom is 0.306 e. The van der Waals surface area contributed by atoms with E-state index >= 15 is 0 Å². The van der Waals surface area contributed by atoms with Crippen LogP contribution in [0.25, 0.3) is 0 Å². The molecule has 0 spiro atoms. The first kappa shape index (κ1) is 426. The number of carbonyl (C=O) groups is 8. The maximum atomic E-state index is 9.45. The number of hydrogen-bond acceptors (Lipinski definition) is 13. The van der Waals surface area contributed by atoms with Crippen molar-refractivity contribution in [1.82, 2.24) is 24.6 Å². The van der Waals surface area contributed by atoms with Gasteiger partial charge in [0.05, 0.1) is 0 Å². The predicted molar refractivity (Wildman–Crippen MR) is 186 cm³/mol. The van der Waals surface area contributed by atoms with Crippen LogP contribution in [0.2, 0.25) is 0 Å². The minimum absolute atomic E-state index is 0. The van der Waals surface area contributed by atoms with Gasteiger partial charge in [0.1, 0.15) is 6.79 Å². The topological polar surface area (TPSA) is 989 Å². The van der Waals surface area contributed by atoms with Crippen LogP contribution in [0, 0.1) is 0 Å². The van der Waals surface area contributed by atoms with Crippen LogP contribution in [0.15, 0.2) is 18.9 Å². The molecule has 0 aliphatic heterocycles. The second kappa shape index (κ2) is 1680. The van der Waals surface area contributed by atoms with Gasteiger partial charge in [-0.15, -0.1) is 5.73 Å². The molecular formula is C13H78N12O24. The van der Waals surface area contributed by atoms with Crippen molar-refractivity contribution in [2.45, 2.75) is 7.43 Å². The average Bonchev–Trinajstić information content (AvgIpc) is 2.62. The molecule has 7 amide bonds. The van der Waals surface area contributed by atoms with E-state index in [2.05, 4.69) is 64.8 Å². The first-order valence-corrected chi connectivity index (χ1v) is 5.65. The molecule has 0 bridgehead atoms. The van der Waals surface area contributed by atoms with E-state index in [1.54, 1.807) is 0 Å². The lowest BCUT2D eigenvalue weighted by molar-refractivity contribution is -0.135. The van der Waals surface area contributed by atoms with Crippen molar-refractivity contribution in [3.63, 3.8) is 0 Å². The van der Waals surface area contributed by atoms with Gasteiger partial charge in [-0.1, -0.05) is 20.6 Å². The Balaban J connectivity index is -0.00000000285. The Labute approximate surface area is 281 Å². The third kappa shape index (κ3) is 38100. The molecule has 36 heteroatoms. The van der Waals surface area contributed by atoms with Gasteiger partial charge in [-0.3, -0.25) is 33.6 Å². The summed E-state index contributed by atoms with van der Waals surface area (Å²) in [7, 11) is 1.50. The molecule has 334 valence electrons. The number of hydrogen-bond donors (Lipinski definition) is 12. The lowest BCUT2D eigenvalue weighted by Gasteiger charge is -1.75. The molecule has 0 aromatic rings. The SMILES string of the molecule is C.C=C=C.C=O.CN.N.N.N.N.NC(=O)C(N)=O.NC=O.NC=O.NC=O.NC=O.NC=O.O.O.O.O.O.O.O.O.O.O.O.O.O.O.O.O. The summed E-state index contributed by atoms with van der Waals surface area (Å²) in [5.41, 5.74) is 36.2. The number of nitrogens with two attached hydrogens (primary N) is 8. The zero-order chi connectivity index (χ0) is 25.4. The van der Waals surface area contributed by atoms with Gasteiger partial charge in [-0.25, -0.2) is 0 Å². The number of primary amides is 7. The van der Waals surface area contributed by atoms with Crippen molar-refractivity contribution in [2.75, 3.05) is 7.05 Å². The van der Waals surface area contributed by atoms with Crippen molar-refractivity contribution < 1.29 is 126 Å². The summed E-state index contributed by atoms with van der Waals surface area (Å²) >= 11 is 0. The first-order valence-electron chi connectivity index (χ1n) is 5.65. The van der Waals surface area contributed by atoms with E-state index in [-0.39, 0.29) is 152 Å². The van der Waals surface area contributed by atoms with Gasteiger partial charge >= 0.3 is 11.8 Å². The molecule has 0 heterocycles. The Hall–Kier alpha value is -5.36. The molecule has 36 nitrogen and oxygen atoms in total. The van der Waals surface area contributed by atoms with Crippen LogP contribution in [0.3, 0.4) is 0 Å². The summed E-state index contributed by atoms with van der Waals surface area (Å²) in [6.45, 7) is 8.25. The molecule has 0 aromatic heterocycles. The molecule has 0 aliphatic carbocycles. The summed E-state index contributed by atoms with van der Waals surface area (Å²) in [6, 6.07) is 0. The molecule has 0 unspecified atom stereocenters. The molecule has 0 atom stereocenters. The molecule has 49 heavy (non-hydrogen) atoms. The monoisotopic (exact) mass is 787 g/mol. The Morgan fingerprint density at radius 3 is 0.429 bits per heavy atom. The molecule has 0 aliphatic rings. The zero-order valence-electron chi connectivity index (χ0n) is 26.2. The lowest BCUT2D eigenvalue weighted by atomic mass is 10.6. The fourth-order valence-electron chi connectivity index (χ4n) is 0. The van der Waals surface area contributed by atoms with Crippen molar-refractivity contribution in [3.05, 3.63) is 18.9 Å². The maximum absolute atomic E-state index is 9.45. The van der Waals surface area contributed by atoms with E-state index in [1.807, 2.05) is 6.79 Å². The van der Waals surface area contributed by atoms with E-state index < -0.39 is 11.8 Å². The van der Waals surface area contributed by atoms with Crippen molar-refractivity contribution in [2.24, 2.45) is 45.9 Å². The van der Waals surface area contributed by atoms with Gasteiger partial charge in [0, 0.05) is 0 Å². The van der Waals surface area contributed by atoms with Crippen LogP contribution in [0.4, 0.5) is 0 Å². The van der Waals surface area contributed by atoms with Crippen LogP contribution in [0.5, 0.6) is 0 Å². The predicted octanol–water partition coefficient (Wildman–Crippen LogP) is -18.1. The molecule has 0 rings (SSSR count). The molecular weight excluding hydrogens is 708 g/mol. The van der Waals surface area contributed by atoms with Gasteiger partial charge in [0.15, 0.2) is 0 Å². The van der Waals surface area contributed by atoms with Gasteiger partial charge in [-0.2, -0.15) is 0 Å². The Kier molecular flexibility index (Phi) is 14600.